The summed E-state index contributed by atoms with van der Waals surface area (Å²) in [5.41, 5.74) is 6.43. The highest BCUT2D eigenvalue weighted by atomic mass is 127. The molecule has 152 valence electrons. The summed E-state index contributed by atoms with van der Waals surface area (Å²) < 4.78 is 5.48. The monoisotopic (exact) mass is 494 g/mol. The Labute approximate surface area is 185 Å². The second kappa shape index (κ2) is 11.3. The Morgan fingerprint density at radius 1 is 1.00 bits per heavy atom. The highest BCUT2D eigenvalue weighted by Crippen LogP contribution is 2.21. The number of rotatable bonds is 5. The average molecular weight is 494 g/mol. The molecule has 2 aromatic carbocycles. The molecule has 0 aromatic heterocycles. The Morgan fingerprint density at radius 2 is 1.68 bits per heavy atom. The fraction of sp³-hybridized carbons (Fsp3) is 0.409. The largest absolute Gasteiger partial charge is 0.378 e. The van der Waals surface area contributed by atoms with Crippen molar-refractivity contribution in [1.82, 2.24) is 10.6 Å². The quantitative estimate of drug-likeness (QED) is 0.379. The van der Waals surface area contributed by atoms with E-state index in [1.165, 1.54) is 27.9 Å². The second-order valence-corrected chi connectivity index (χ2v) is 6.94. The Kier molecular flexibility index (Phi) is 9.05. The summed E-state index contributed by atoms with van der Waals surface area (Å²) in [6.07, 6.45) is 0. The van der Waals surface area contributed by atoms with E-state index < -0.39 is 0 Å². The van der Waals surface area contributed by atoms with E-state index in [0.717, 1.165) is 45.4 Å². The minimum absolute atomic E-state index is 0. The minimum Gasteiger partial charge on any atom is -0.378 e. The van der Waals surface area contributed by atoms with E-state index in [2.05, 4.69) is 76.8 Å². The number of hydrogen-bond donors (Lipinski definition) is 2. The molecule has 0 bridgehead atoms. The SMILES string of the molecule is CN=C(NCc1ccc(C)cc1C)NCc1ccccc1N1CCOCC1.I. The van der Waals surface area contributed by atoms with Crippen molar-refractivity contribution in [2.45, 2.75) is 26.9 Å². The van der Waals surface area contributed by atoms with Crippen LogP contribution < -0.4 is 15.5 Å². The Balaban J connectivity index is 0.00000280. The van der Waals surface area contributed by atoms with Gasteiger partial charge in [0, 0.05) is 38.9 Å². The maximum Gasteiger partial charge on any atom is 0.191 e. The van der Waals surface area contributed by atoms with Crippen LogP contribution >= 0.6 is 24.0 Å². The summed E-state index contributed by atoms with van der Waals surface area (Å²) in [6.45, 7) is 9.24. The van der Waals surface area contributed by atoms with E-state index in [4.69, 9.17) is 4.74 Å². The number of morpholine rings is 1. The molecule has 1 heterocycles. The molecule has 0 amide bonds. The van der Waals surface area contributed by atoms with Gasteiger partial charge in [0.1, 0.15) is 0 Å². The number of guanidine groups is 1. The van der Waals surface area contributed by atoms with Gasteiger partial charge in [0.25, 0.3) is 0 Å². The molecule has 0 spiro atoms. The molecular formula is C22H31IN4O. The molecule has 2 N–H and O–H groups in total. The fourth-order valence-corrected chi connectivity index (χ4v) is 3.40. The highest BCUT2D eigenvalue weighted by molar-refractivity contribution is 14.0. The van der Waals surface area contributed by atoms with Crippen molar-refractivity contribution in [3.63, 3.8) is 0 Å². The lowest BCUT2D eigenvalue weighted by Crippen LogP contribution is -2.39. The van der Waals surface area contributed by atoms with Crippen molar-refractivity contribution >= 4 is 35.6 Å². The predicted molar refractivity (Wildman–Crippen MR) is 128 cm³/mol. The average Bonchev–Trinajstić information content (AvgIpc) is 2.70. The van der Waals surface area contributed by atoms with Gasteiger partial charge >= 0.3 is 0 Å². The molecular weight excluding hydrogens is 463 g/mol. The van der Waals surface area contributed by atoms with Crippen molar-refractivity contribution in [3.05, 3.63) is 64.7 Å². The standard InChI is InChI=1S/C22H30N4O.HI/c1-17-8-9-19(18(2)14-17)15-24-22(23-3)25-16-20-6-4-5-7-21(20)26-10-12-27-13-11-26;/h4-9,14H,10-13,15-16H2,1-3H3,(H2,23,24,25);1H. The smallest absolute Gasteiger partial charge is 0.191 e. The molecule has 2 aromatic rings. The van der Waals surface area contributed by atoms with Crippen LogP contribution in [0.2, 0.25) is 0 Å². The van der Waals surface area contributed by atoms with Gasteiger partial charge in [-0.25, -0.2) is 0 Å². The summed E-state index contributed by atoms with van der Waals surface area (Å²) in [5, 5.41) is 6.87. The molecule has 5 nitrogen and oxygen atoms in total. The van der Waals surface area contributed by atoms with Crippen LogP contribution in [0.4, 0.5) is 5.69 Å². The Hall–Kier alpha value is -1.80. The van der Waals surface area contributed by atoms with Crippen LogP contribution in [0.5, 0.6) is 0 Å². The number of aliphatic imine (C=N–C) groups is 1. The van der Waals surface area contributed by atoms with Crippen molar-refractivity contribution in [3.8, 4) is 0 Å². The predicted octanol–water partition coefficient (Wildman–Crippen LogP) is 3.62. The molecule has 1 fully saturated rings. The van der Waals surface area contributed by atoms with Crippen molar-refractivity contribution in [2.75, 3.05) is 38.3 Å². The third kappa shape index (κ3) is 6.10. The van der Waals surface area contributed by atoms with Crippen LogP contribution in [-0.4, -0.2) is 39.3 Å². The molecule has 0 aliphatic carbocycles. The number of hydrogen-bond acceptors (Lipinski definition) is 3. The summed E-state index contributed by atoms with van der Waals surface area (Å²) in [5.74, 6) is 0.812. The second-order valence-electron chi connectivity index (χ2n) is 6.94. The molecule has 1 saturated heterocycles. The lowest BCUT2D eigenvalue weighted by atomic mass is 10.1. The number of anilines is 1. The summed E-state index contributed by atoms with van der Waals surface area (Å²) >= 11 is 0. The van der Waals surface area contributed by atoms with Gasteiger partial charge in [-0.1, -0.05) is 42.0 Å². The number of halogens is 1. The molecule has 0 radical (unpaired) electrons. The zero-order valence-corrected chi connectivity index (χ0v) is 19.3. The van der Waals surface area contributed by atoms with Crippen LogP contribution in [0.25, 0.3) is 0 Å². The molecule has 0 unspecified atom stereocenters. The van der Waals surface area contributed by atoms with E-state index in [9.17, 15) is 0 Å². The Morgan fingerprint density at radius 3 is 2.36 bits per heavy atom. The van der Waals surface area contributed by atoms with Gasteiger partial charge in [-0.3, -0.25) is 4.99 Å². The number of ether oxygens (including phenoxy) is 1. The molecule has 0 atom stereocenters. The highest BCUT2D eigenvalue weighted by Gasteiger charge is 2.14. The van der Waals surface area contributed by atoms with Gasteiger partial charge in [0.05, 0.1) is 13.2 Å². The first-order valence-electron chi connectivity index (χ1n) is 9.58. The van der Waals surface area contributed by atoms with Gasteiger partial charge in [-0.15, -0.1) is 24.0 Å². The number of para-hydroxylation sites is 1. The lowest BCUT2D eigenvalue weighted by Gasteiger charge is -2.30. The minimum atomic E-state index is 0. The topological polar surface area (TPSA) is 48.9 Å². The van der Waals surface area contributed by atoms with E-state index >= 15 is 0 Å². The molecule has 28 heavy (non-hydrogen) atoms. The van der Waals surface area contributed by atoms with Crippen molar-refractivity contribution in [2.24, 2.45) is 4.99 Å². The number of nitrogens with one attached hydrogen (secondary N) is 2. The van der Waals surface area contributed by atoms with Crippen LogP contribution in [0.3, 0.4) is 0 Å². The number of nitrogens with zero attached hydrogens (tertiary/aromatic N) is 2. The lowest BCUT2D eigenvalue weighted by molar-refractivity contribution is 0.122. The summed E-state index contributed by atoms with van der Waals surface area (Å²) in [6, 6.07) is 15.1. The van der Waals surface area contributed by atoms with Crippen molar-refractivity contribution in [1.29, 1.82) is 0 Å². The van der Waals surface area contributed by atoms with Crippen LogP contribution in [0.15, 0.2) is 47.5 Å². The maximum absolute atomic E-state index is 5.48. The van der Waals surface area contributed by atoms with Crippen LogP contribution in [0.1, 0.15) is 22.3 Å². The van der Waals surface area contributed by atoms with Gasteiger partial charge in [-0.2, -0.15) is 0 Å². The van der Waals surface area contributed by atoms with E-state index in [0.29, 0.717) is 0 Å². The first-order valence-corrected chi connectivity index (χ1v) is 9.58. The van der Waals surface area contributed by atoms with E-state index in [-0.39, 0.29) is 24.0 Å². The fourth-order valence-electron chi connectivity index (χ4n) is 3.40. The number of benzene rings is 2. The first kappa shape index (κ1) is 22.5. The third-order valence-corrected chi connectivity index (χ3v) is 4.96. The number of aryl methyl sites for hydroxylation is 2. The van der Waals surface area contributed by atoms with E-state index in [1.807, 2.05) is 7.05 Å². The van der Waals surface area contributed by atoms with E-state index in [1.54, 1.807) is 0 Å². The van der Waals surface area contributed by atoms with Gasteiger partial charge in [-0.05, 0) is 36.6 Å². The zero-order chi connectivity index (χ0) is 19.1. The summed E-state index contributed by atoms with van der Waals surface area (Å²) in [7, 11) is 1.81. The van der Waals surface area contributed by atoms with Crippen LogP contribution in [0, 0.1) is 13.8 Å². The maximum atomic E-state index is 5.48. The third-order valence-electron chi connectivity index (χ3n) is 4.96. The van der Waals surface area contributed by atoms with Gasteiger partial charge < -0.3 is 20.3 Å². The molecule has 3 rings (SSSR count). The van der Waals surface area contributed by atoms with Crippen molar-refractivity contribution < 1.29 is 4.74 Å². The zero-order valence-electron chi connectivity index (χ0n) is 17.0. The normalized spacial score (nSPS) is 14.4. The molecule has 6 heteroatoms. The molecule has 0 saturated carbocycles. The molecule has 1 aliphatic heterocycles. The van der Waals surface area contributed by atoms with Gasteiger partial charge in [0.2, 0.25) is 0 Å². The molecule has 1 aliphatic rings. The van der Waals surface area contributed by atoms with Gasteiger partial charge in [0.15, 0.2) is 5.96 Å². The summed E-state index contributed by atoms with van der Waals surface area (Å²) in [4.78, 5) is 6.76. The first-order chi connectivity index (χ1) is 13.2. The Bertz CT molecular complexity index is 788. The van der Waals surface area contributed by atoms with Crippen LogP contribution in [-0.2, 0) is 17.8 Å².